The van der Waals surface area contributed by atoms with Gasteiger partial charge in [-0.2, -0.15) is 0 Å². The van der Waals surface area contributed by atoms with Gasteiger partial charge in [-0.25, -0.2) is 15.0 Å². The number of aromatic nitrogens is 4. The first-order chi connectivity index (χ1) is 13.1. The van der Waals surface area contributed by atoms with E-state index in [1.54, 1.807) is 6.20 Å². The number of imidazole rings is 1. The van der Waals surface area contributed by atoms with Gasteiger partial charge in [0.05, 0.1) is 12.2 Å². The summed E-state index contributed by atoms with van der Waals surface area (Å²) < 4.78 is 2.03. The molecular weight excluding hydrogens is 342 g/mol. The van der Waals surface area contributed by atoms with Gasteiger partial charge < -0.3 is 20.9 Å². The average Bonchev–Trinajstić information content (AvgIpc) is 3.11. The number of nitrogens with zero attached hydrogens (tertiary/aromatic N) is 4. The molecule has 0 aliphatic carbocycles. The van der Waals surface area contributed by atoms with Crippen molar-refractivity contribution in [3.8, 4) is 11.3 Å². The maximum absolute atomic E-state index is 12.4. The van der Waals surface area contributed by atoms with E-state index in [-0.39, 0.29) is 11.9 Å². The molecule has 4 rings (SSSR count). The highest BCUT2D eigenvalue weighted by Gasteiger charge is 2.16. The molecule has 8 nitrogen and oxygen atoms in total. The first-order valence-electron chi connectivity index (χ1n) is 8.83. The van der Waals surface area contributed by atoms with Crippen molar-refractivity contribution in [1.82, 2.24) is 30.2 Å². The third kappa shape index (κ3) is 3.65. The van der Waals surface area contributed by atoms with Gasteiger partial charge in [0.15, 0.2) is 0 Å². The van der Waals surface area contributed by atoms with Crippen molar-refractivity contribution in [1.29, 1.82) is 0 Å². The van der Waals surface area contributed by atoms with Crippen molar-refractivity contribution in [2.75, 3.05) is 12.3 Å². The summed E-state index contributed by atoms with van der Waals surface area (Å²) in [6, 6.07) is 7.81. The molecule has 3 heterocycles. The van der Waals surface area contributed by atoms with E-state index in [9.17, 15) is 4.79 Å². The fourth-order valence-corrected chi connectivity index (χ4v) is 3.15. The number of carbonyl (C=O) groups excluding carboxylic acids is 1. The molecular formula is C19H21N7O. The summed E-state index contributed by atoms with van der Waals surface area (Å²) in [7, 11) is 0. The summed E-state index contributed by atoms with van der Waals surface area (Å²) in [5, 5.41) is 6.20. The first kappa shape index (κ1) is 17.2. The molecule has 4 N–H and O–H groups in total. The number of anilines is 1. The Labute approximate surface area is 156 Å². The van der Waals surface area contributed by atoms with Crippen LogP contribution < -0.4 is 16.4 Å². The van der Waals surface area contributed by atoms with E-state index in [0.29, 0.717) is 18.8 Å². The Bertz CT molecular complexity index is 972. The summed E-state index contributed by atoms with van der Waals surface area (Å²) in [4.78, 5) is 25.0. The van der Waals surface area contributed by atoms with Gasteiger partial charge in [0.2, 0.25) is 5.95 Å². The highest BCUT2D eigenvalue weighted by molar-refractivity contribution is 5.92. The zero-order chi connectivity index (χ0) is 18.8. The molecule has 0 unspecified atom stereocenters. The minimum atomic E-state index is -0.163. The van der Waals surface area contributed by atoms with Crippen molar-refractivity contribution < 1.29 is 4.79 Å². The van der Waals surface area contributed by atoms with Crippen molar-refractivity contribution in [3.63, 3.8) is 0 Å². The van der Waals surface area contributed by atoms with Gasteiger partial charge in [0, 0.05) is 37.6 Å². The van der Waals surface area contributed by atoms with Crippen LogP contribution >= 0.6 is 0 Å². The molecule has 0 atom stereocenters. The van der Waals surface area contributed by atoms with Gasteiger partial charge in [-0.3, -0.25) is 4.79 Å². The molecule has 0 radical (unpaired) electrons. The molecule has 3 aromatic rings. The van der Waals surface area contributed by atoms with Crippen molar-refractivity contribution in [3.05, 3.63) is 59.3 Å². The Morgan fingerprint density at radius 2 is 2.22 bits per heavy atom. The first-order valence-corrected chi connectivity index (χ1v) is 8.83. The van der Waals surface area contributed by atoms with Crippen LogP contribution in [0.4, 0.5) is 5.95 Å². The van der Waals surface area contributed by atoms with Crippen LogP contribution in [0.25, 0.3) is 11.3 Å². The van der Waals surface area contributed by atoms with E-state index < -0.39 is 0 Å². The van der Waals surface area contributed by atoms with Crippen molar-refractivity contribution in [2.45, 2.75) is 26.6 Å². The lowest BCUT2D eigenvalue weighted by molar-refractivity contribution is 0.0946. The van der Waals surface area contributed by atoms with Gasteiger partial charge in [-0.05, 0) is 30.2 Å². The van der Waals surface area contributed by atoms with Gasteiger partial charge in [-0.15, -0.1) is 0 Å². The Balaban J connectivity index is 1.45. The van der Waals surface area contributed by atoms with Crippen LogP contribution in [0.5, 0.6) is 0 Å². The quantitative estimate of drug-likeness (QED) is 0.644. The van der Waals surface area contributed by atoms with Gasteiger partial charge in [-0.1, -0.05) is 12.1 Å². The van der Waals surface area contributed by atoms with Crippen molar-refractivity contribution >= 4 is 11.9 Å². The summed E-state index contributed by atoms with van der Waals surface area (Å²) in [6.45, 7) is 4.88. The summed E-state index contributed by atoms with van der Waals surface area (Å²) in [5.41, 5.74) is 9.96. The molecule has 0 saturated carbocycles. The normalized spacial score (nSPS) is 13.2. The zero-order valence-corrected chi connectivity index (χ0v) is 15.1. The lowest BCUT2D eigenvalue weighted by Crippen LogP contribution is -2.27. The third-order valence-corrected chi connectivity index (χ3v) is 4.66. The summed E-state index contributed by atoms with van der Waals surface area (Å²) in [6.07, 6.45) is 3.46. The van der Waals surface area contributed by atoms with Crippen molar-refractivity contribution in [2.24, 2.45) is 0 Å². The molecule has 1 amide bonds. The highest BCUT2D eigenvalue weighted by Crippen LogP contribution is 2.21. The number of fused-ring (bicyclic) bond motifs is 1. The molecule has 0 bridgehead atoms. The maximum atomic E-state index is 12.4. The van der Waals surface area contributed by atoms with Crippen LogP contribution in [0, 0.1) is 6.92 Å². The molecule has 2 aromatic heterocycles. The molecule has 27 heavy (non-hydrogen) atoms. The van der Waals surface area contributed by atoms with E-state index in [0.717, 1.165) is 41.3 Å². The SMILES string of the molecule is Cc1cc(-c2ccnc(N)n2)ccc1CNC(=O)c1cn2c(n1)CNCC2. The van der Waals surface area contributed by atoms with Gasteiger partial charge >= 0.3 is 0 Å². The summed E-state index contributed by atoms with van der Waals surface area (Å²) >= 11 is 0. The molecule has 1 aliphatic heterocycles. The van der Waals surface area contributed by atoms with Crippen LogP contribution in [0.2, 0.25) is 0 Å². The fraction of sp³-hybridized carbons (Fsp3) is 0.263. The minimum absolute atomic E-state index is 0.163. The van der Waals surface area contributed by atoms with E-state index in [2.05, 4.69) is 25.6 Å². The Hall–Kier alpha value is -3.26. The monoisotopic (exact) mass is 363 g/mol. The van der Waals surface area contributed by atoms with Crippen LogP contribution in [-0.4, -0.2) is 32.0 Å². The minimum Gasteiger partial charge on any atom is -0.368 e. The molecule has 1 aromatic carbocycles. The maximum Gasteiger partial charge on any atom is 0.271 e. The molecule has 1 aliphatic rings. The van der Waals surface area contributed by atoms with Crippen LogP contribution in [-0.2, 0) is 19.6 Å². The van der Waals surface area contributed by atoms with Crippen LogP contribution in [0.15, 0.2) is 36.7 Å². The lowest BCUT2D eigenvalue weighted by Gasteiger charge is -2.13. The predicted octanol–water partition coefficient (Wildman–Crippen LogP) is 1.26. The number of aryl methyl sites for hydroxylation is 1. The number of amides is 1. The zero-order valence-electron chi connectivity index (χ0n) is 15.1. The molecule has 0 spiro atoms. The highest BCUT2D eigenvalue weighted by atomic mass is 16.1. The van der Waals surface area contributed by atoms with E-state index in [1.807, 2.05) is 42.0 Å². The number of rotatable bonds is 4. The molecule has 0 fully saturated rings. The number of nitrogens with two attached hydrogens (primary N) is 1. The number of benzene rings is 1. The second-order valence-electron chi connectivity index (χ2n) is 6.54. The molecule has 8 heteroatoms. The molecule has 0 saturated heterocycles. The second-order valence-corrected chi connectivity index (χ2v) is 6.54. The smallest absolute Gasteiger partial charge is 0.271 e. The number of hydrogen-bond donors (Lipinski definition) is 3. The fourth-order valence-electron chi connectivity index (χ4n) is 3.15. The Morgan fingerprint density at radius 1 is 1.33 bits per heavy atom. The van der Waals surface area contributed by atoms with E-state index >= 15 is 0 Å². The number of nitrogens with one attached hydrogen (secondary N) is 2. The second kappa shape index (κ2) is 7.16. The average molecular weight is 363 g/mol. The molecule has 138 valence electrons. The van der Waals surface area contributed by atoms with E-state index in [4.69, 9.17) is 5.73 Å². The summed E-state index contributed by atoms with van der Waals surface area (Å²) in [5.74, 6) is 0.986. The number of carbonyl (C=O) groups is 1. The number of nitrogen functional groups attached to an aromatic ring is 1. The lowest BCUT2D eigenvalue weighted by atomic mass is 10.0. The largest absolute Gasteiger partial charge is 0.368 e. The van der Waals surface area contributed by atoms with Gasteiger partial charge in [0.25, 0.3) is 5.91 Å². The predicted molar refractivity (Wildman–Crippen MR) is 102 cm³/mol. The Morgan fingerprint density at radius 3 is 3.00 bits per heavy atom. The third-order valence-electron chi connectivity index (χ3n) is 4.66. The van der Waals surface area contributed by atoms with E-state index in [1.165, 1.54) is 0 Å². The number of hydrogen-bond acceptors (Lipinski definition) is 6. The van der Waals surface area contributed by atoms with Crippen LogP contribution in [0.3, 0.4) is 0 Å². The topological polar surface area (TPSA) is 111 Å². The van der Waals surface area contributed by atoms with Gasteiger partial charge in [0.1, 0.15) is 11.5 Å². The van der Waals surface area contributed by atoms with Crippen LogP contribution in [0.1, 0.15) is 27.4 Å². The standard InChI is InChI=1S/C19H21N7O/c1-12-8-13(15-4-5-22-19(20)25-15)2-3-14(12)9-23-18(27)16-11-26-7-6-21-10-17(26)24-16/h2-5,8,11,21H,6-7,9-10H2,1H3,(H,23,27)(H2,20,22,25). The Kier molecular flexibility index (Phi) is 4.55.